The van der Waals surface area contributed by atoms with Gasteiger partial charge in [0, 0.05) is 26.8 Å². The van der Waals surface area contributed by atoms with E-state index in [1.165, 1.54) is 5.56 Å². The van der Waals surface area contributed by atoms with Crippen molar-refractivity contribution in [2.24, 2.45) is 5.73 Å². The van der Waals surface area contributed by atoms with Gasteiger partial charge < -0.3 is 10.5 Å². The first kappa shape index (κ1) is 14.2. The van der Waals surface area contributed by atoms with Crippen molar-refractivity contribution in [1.82, 2.24) is 4.90 Å². The molecule has 0 fully saturated rings. The highest BCUT2D eigenvalue weighted by Gasteiger charge is 2.04. The largest absolute Gasteiger partial charge is 0.385 e. The summed E-state index contributed by atoms with van der Waals surface area (Å²) in [6, 6.07) is 10.6. The average molecular weight is 236 g/mol. The van der Waals surface area contributed by atoms with Crippen LogP contribution in [0.4, 0.5) is 0 Å². The number of hydrogen-bond acceptors (Lipinski definition) is 3. The summed E-state index contributed by atoms with van der Waals surface area (Å²) in [5, 5.41) is 0. The van der Waals surface area contributed by atoms with Crippen molar-refractivity contribution in [3.05, 3.63) is 35.9 Å². The van der Waals surface area contributed by atoms with Crippen LogP contribution in [0, 0.1) is 0 Å². The molecule has 0 aliphatic carbocycles. The van der Waals surface area contributed by atoms with Crippen LogP contribution in [0.2, 0.25) is 0 Å². The molecule has 0 heterocycles. The van der Waals surface area contributed by atoms with Crippen LogP contribution in [0.5, 0.6) is 0 Å². The van der Waals surface area contributed by atoms with Crippen LogP contribution in [0.25, 0.3) is 0 Å². The maximum Gasteiger partial charge on any atom is 0.0474 e. The van der Waals surface area contributed by atoms with Crippen molar-refractivity contribution in [3.63, 3.8) is 0 Å². The molecule has 0 bridgehead atoms. The second-order valence-corrected chi connectivity index (χ2v) is 4.25. The molecule has 0 aromatic heterocycles. The molecule has 3 nitrogen and oxygen atoms in total. The predicted octanol–water partition coefficient (Wildman–Crippen LogP) is 1.87. The SMILES string of the molecule is COCCCN(CCCN)Cc1ccccc1. The maximum absolute atomic E-state index is 5.57. The highest BCUT2D eigenvalue weighted by molar-refractivity contribution is 5.14. The summed E-state index contributed by atoms with van der Waals surface area (Å²) in [4.78, 5) is 2.45. The van der Waals surface area contributed by atoms with Crippen molar-refractivity contribution in [3.8, 4) is 0 Å². The van der Waals surface area contributed by atoms with Gasteiger partial charge in [0.25, 0.3) is 0 Å². The Balaban J connectivity index is 2.39. The predicted molar refractivity (Wildman–Crippen MR) is 71.9 cm³/mol. The molecule has 1 aromatic rings. The van der Waals surface area contributed by atoms with Gasteiger partial charge in [0.1, 0.15) is 0 Å². The monoisotopic (exact) mass is 236 g/mol. The van der Waals surface area contributed by atoms with Crippen LogP contribution < -0.4 is 5.73 Å². The zero-order valence-electron chi connectivity index (χ0n) is 10.8. The lowest BCUT2D eigenvalue weighted by atomic mass is 10.2. The highest BCUT2D eigenvalue weighted by atomic mass is 16.5. The Hall–Kier alpha value is -0.900. The van der Waals surface area contributed by atoms with E-state index in [0.717, 1.165) is 45.6 Å². The first-order valence-electron chi connectivity index (χ1n) is 6.32. The van der Waals surface area contributed by atoms with Gasteiger partial charge in [0.2, 0.25) is 0 Å². The summed E-state index contributed by atoms with van der Waals surface area (Å²) >= 11 is 0. The van der Waals surface area contributed by atoms with Crippen LogP contribution in [0.1, 0.15) is 18.4 Å². The van der Waals surface area contributed by atoms with Crippen molar-refractivity contribution < 1.29 is 4.74 Å². The van der Waals surface area contributed by atoms with Gasteiger partial charge in [-0.3, -0.25) is 4.90 Å². The fourth-order valence-electron chi connectivity index (χ4n) is 1.86. The lowest BCUT2D eigenvalue weighted by Crippen LogP contribution is -2.27. The van der Waals surface area contributed by atoms with E-state index < -0.39 is 0 Å². The topological polar surface area (TPSA) is 38.5 Å². The Morgan fingerprint density at radius 3 is 2.47 bits per heavy atom. The maximum atomic E-state index is 5.57. The molecule has 0 radical (unpaired) electrons. The van der Waals surface area contributed by atoms with Crippen LogP contribution in [-0.2, 0) is 11.3 Å². The highest BCUT2D eigenvalue weighted by Crippen LogP contribution is 2.05. The Labute approximate surface area is 105 Å². The molecule has 1 rings (SSSR count). The lowest BCUT2D eigenvalue weighted by Gasteiger charge is -2.22. The molecular formula is C14H24N2O. The first-order chi connectivity index (χ1) is 8.36. The quantitative estimate of drug-likeness (QED) is 0.665. The van der Waals surface area contributed by atoms with Crippen molar-refractivity contribution in [1.29, 1.82) is 0 Å². The van der Waals surface area contributed by atoms with Gasteiger partial charge in [-0.25, -0.2) is 0 Å². The normalized spacial score (nSPS) is 11.0. The second kappa shape index (κ2) is 9.16. The van der Waals surface area contributed by atoms with Gasteiger partial charge in [-0.05, 0) is 31.5 Å². The number of methoxy groups -OCH3 is 1. The Morgan fingerprint density at radius 1 is 1.12 bits per heavy atom. The van der Waals surface area contributed by atoms with E-state index in [2.05, 4.69) is 35.2 Å². The third-order valence-electron chi connectivity index (χ3n) is 2.75. The average Bonchev–Trinajstić information content (AvgIpc) is 2.37. The van der Waals surface area contributed by atoms with Crippen molar-refractivity contribution >= 4 is 0 Å². The summed E-state index contributed by atoms with van der Waals surface area (Å²) in [7, 11) is 1.75. The number of nitrogens with zero attached hydrogens (tertiary/aromatic N) is 1. The number of rotatable bonds is 9. The summed E-state index contributed by atoms with van der Waals surface area (Å²) in [5.74, 6) is 0. The standard InChI is InChI=1S/C14H24N2O/c1-17-12-6-11-16(10-5-9-15)13-14-7-3-2-4-8-14/h2-4,7-8H,5-6,9-13,15H2,1H3. The number of hydrogen-bond donors (Lipinski definition) is 1. The fourth-order valence-corrected chi connectivity index (χ4v) is 1.86. The third kappa shape index (κ3) is 6.41. The van der Waals surface area contributed by atoms with E-state index in [0.29, 0.717) is 0 Å². The Bertz CT molecular complexity index is 277. The molecular weight excluding hydrogens is 212 g/mol. The minimum atomic E-state index is 0.759. The molecule has 0 atom stereocenters. The smallest absolute Gasteiger partial charge is 0.0474 e. The van der Waals surface area contributed by atoms with Gasteiger partial charge in [0.15, 0.2) is 0 Å². The zero-order chi connectivity index (χ0) is 12.3. The van der Waals surface area contributed by atoms with Crippen LogP contribution in [0.15, 0.2) is 30.3 Å². The minimum absolute atomic E-state index is 0.759. The fraction of sp³-hybridized carbons (Fsp3) is 0.571. The van der Waals surface area contributed by atoms with E-state index in [1.54, 1.807) is 7.11 Å². The van der Waals surface area contributed by atoms with Gasteiger partial charge >= 0.3 is 0 Å². The van der Waals surface area contributed by atoms with Gasteiger partial charge in [-0.15, -0.1) is 0 Å². The number of benzene rings is 1. The van der Waals surface area contributed by atoms with Crippen molar-refractivity contribution in [2.75, 3.05) is 33.4 Å². The van der Waals surface area contributed by atoms with E-state index in [1.807, 2.05) is 0 Å². The van der Waals surface area contributed by atoms with Gasteiger partial charge in [0.05, 0.1) is 0 Å². The van der Waals surface area contributed by atoms with E-state index in [9.17, 15) is 0 Å². The molecule has 0 aliphatic rings. The van der Waals surface area contributed by atoms with Crippen LogP contribution >= 0.6 is 0 Å². The van der Waals surface area contributed by atoms with Gasteiger partial charge in [-0.1, -0.05) is 30.3 Å². The summed E-state index contributed by atoms with van der Waals surface area (Å²) in [6.07, 6.45) is 2.13. The molecule has 0 spiro atoms. The molecule has 1 aromatic carbocycles. The zero-order valence-corrected chi connectivity index (χ0v) is 10.8. The molecule has 0 unspecified atom stereocenters. The Kier molecular flexibility index (Phi) is 7.63. The molecule has 3 heteroatoms. The molecule has 96 valence electrons. The van der Waals surface area contributed by atoms with Crippen LogP contribution in [-0.4, -0.2) is 38.3 Å². The summed E-state index contributed by atoms with van der Waals surface area (Å²) in [5.41, 5.74) is 6.94. The van der Waals surface area contributed by atoms with Gasteiger partial charge in [-0.2, -0.15) is 0 Å². The minimum Gasteiger partial charge on any atom is -0.385 e. The lowest BCUT2D eigenvalue weighted by molar-refractivity contribution is 0.169. The number of nitrogens with two attached hydrogens (primary N) is 1. The molecule has 2 N–H and O–H groups in total. The van der Waals surface area contributed by atoms with E-state index in [-0.39, 0.29) is 0 Å². The molecule has 0 aliphatic heterocycles. The summed E-state index contributed by atoms with van der Waals surface area (Å²) in [6.45, 7) is 4.73. The molecule has 0 saturated carbocycles. The molecule has 0 amide bonds. The second-order valence-electron chi connectivity index (χ2n) is 4.25. The summed E-state index contributed by atoms with van der Waals surface area (Å²) < 4.78 is 5.10. The van der Waals surface area contributed by atoms with E-state index >= 15 is 0 Å². The third-order valence-corrected chi connectivity index (χ3v) is 2.75. The first-order valence-corrected chi connectivity index (χ1v) is 6.32. The Morgan fingerprint density at radius 2 is 1.82 bits per heavy atom. The number of ether oxygens (including phenoxy) is 1. The van der Waals surface area contributed by atoms with Crippen LogP contribution in [0.3, 0.4) is 0 Å². The molecule has 0 saturated heterocycles. The van der Waals surface area contributed by atoms with E-state index in [4.69, 9.17) is 10.5 Å². The molecule has 17 heavy (non-hydrogen) atoms. The van der Waals surface area contributed by atoms with Crippen molar-refractivity contribution in [2.45, 2.75) is 19.4 Å².